The summed E-state index contributed by atoms with van der Waals surface area (Å²) < 4.78 is 6.40. The molecule has 0 saturated carbocycles. The van der Waals surface area contributed by atoms with E-state index in [0.29, 0.717) is 0 Å². The van der Waals surface area contributed by atoms with Gasteiger partial charge in [0.25, 0.3) is 0 Å². The van der Waals surface area contributed by atoms with Crippen LogP contribution in [0.3, 0.4) is 0 Å². The van der Waals surface area contributed by atoms with Gasteiger partial charge in [0.1, 0.15) is 11.2 Å². The van der Waals surface area contributed by atoms with Crippen LogP contribution >= 0.6 is 0 Å². The molecule has 13 rings (SSSR count). The van der Waals surface area contributed by atoms with Gasteiger partial charge >= 0.3 is 0 Å². The number of benzene rings is 12. The van der Waals surface area contributed by atoms with Crippen LogP contribution in [0.4, 0.5) is 0 Å². The van der Waals surface area contributed by atoms with Crippen LogP contribution in [0.15, 0.2) is 211 Å². The van der Waals surface area contributed by atoms with Crippen molar-refractivity contribution in [3.63, 3.8) is 0 Å². The van der Waals surface area contributed by atoms with Crippen molar-refractivity contribution in [2.45, 2.75) is 0 Å². The molecular weight excluding hydrogens is 713 g/mol. The molecule has 0 aliphatic heterocycles. The highest BCUT2D eigenvalue weighted by molar-refractivity contribution is 6.30. The van der Waals surface area contributed by atoms with Crippen molar-refractivity contribution in [3.05, 3.63) is 206 Å². The summed E-state index contributed by atoms with van der Waals surface area (Å²) in [4.78, 5) is 0. The van der Waals surface area contributed by atoms with Crippen molar-refractivity contribution >= 4 is 86.6 Å². The highest BCUT2D eigenvalue weighted by atomic mass is 16.3. The molecule has 1 heteroatoms. The lowest BCUT2D eigenvalue weighted by molar-refractivity contribution is 0.669. The van der Waals surface area contributed by atoms with Crippen LogP contribution in [-0.4, -0.2) is 0 Å². The molecule has 0 fully saturated rings. The van der Waals surface area contributed by atoms with Gasteiger partial charge in [0.05, 0.1) is 0 Å². The van der Waals surface area contributed by atoms with E-state index in [2.05, 4.69) is 200 Å². The van der Waals surface area contributed by atoms with E-state index in [4.69, 9.17) is 4.42 Å². The van der Waals surface area contributed by atoms with Gasteiger partial charge in [-0.05, 0) is 146 Å². The Bertz CT molecular complexity index is 3830. The summed E-state index contributed by atoms with van der Waals surface area (Å²) in [6.07, 6.45) is 0. The number of hydrogen-bond donors (Lipinski definition) is 0. The van der Waals surface area contributed by atoms with Gasteiger partial charge in [-0.3, -0.25) is 0 Å². The van der Waals surface area contributed by atoms with Crippen LogP contribution in [0, 0.1) is 0 Å². The van der Waals surface area contributed by atoms with Crippen LogP contribution in [0.5, 0.6) is 0 Å². The molecule has 1 nitrogen and oxygen atoms in total. The largest absolute Gasteiger partial charge is 0.456 e. The summed E-state index contributed by atoms with van der Waals surface area (Å²) in [5.74, 6) is 0. The van der Waals surface area contributed by atoms with Crippen molar-refractivity contribution in [1.82, 2.24) is 0 Å². The van der Waals surface area contributed by atoms with Gasteiger partial charge < -0.3 is 4.42 Å². The minimum atomic E-state index is 0.924. The van der Waals surface area contributed by atoms with Crippen molar-refractivity contribution < 1.29 is 4.42 Å². The fourth-order valence-electron chi connectivity index (χ4n) is 10.0. The number of rotatable bonds is 4. The normalized spacial score (nSPS) is 12.1. The number of furan rings is 1. The fourth-order valence-corrected chi connectivity index (χ4v) is 10.0. The molecule has 0 spiro atoms. The van der Waals surface area contributed by atoms with E-state index in [-0.39, 0.29) is 0 Å². The maximum Gasteiger partial charge on any atom is 0.136 e. The first-order valence-electron chi connectivity index (χ1n) is 20.4. The van der Waals surface area contributed by atoms with Crippen LogP contribution in [0.25, 0.3) is 131 Å². The Hall–Kier alpha value is -7.74. The third-order valence-electron chi connectivity index (χ3n) is 12.8. The van der Waals surface area contributed by atoms with E-state index in [9.17, 15) is 0 Å². The number of para-hydroxylation sites is 1. The number of hydrogen-bond acceptors (Lipinski definition) is 1. The topological polar surface area (TPSA) is 13.1 Å². The van der Waals surface area contributed by atoms with Gasteiger partial charge in [-0.15, -0.1) is 0 Å². The van der Waals surface area contributed by atoms with Gasteiger partial charge in [0.2, 0.25) is 0 Å². The smallest absolute Gasteiger partial charge is 0.136 e. The molecule has 0 unspecified atom stereocenters. The predicted molar refractivity (Wildman–Crippen MR) is 252 cm³/mol. The maximum absolute atomic E-state index is 6.40. The highest BCUT2D eigenvalue weighted by Gasteiger charge is 2.18. The molecule has 0 amide bonds. The summed E-state index contributed by atoms with van der Waals surface area (Å²) in [5.41, 5.74) is 11.7. The second kappa shape index (κ2) is 12.4. The molecule has 1 heterocycles. The Morgan fingerprint density at radius 2 is 0.695 bits per heavy atom. The van der Waals surface area contributed by atoms with Crippen molar-refractivity contribution in [3.8, 4) is 44.5 Å². The quantitative estimate of drug-likeness (QED) is 0.164. The lowest BCUT2D eigenvalue weighted by Crippen LogP contribution is -1.90. The van der Waals surface area contributed by atoms with Gasteiger partial charge in [-0.25, -0.2) is 0 Å². The maximum atomic E-state index is 6.40. The zero-order valence-corrected chi connectivity index (χ0v) is 32.0. The van der Waals surface area contributed by atoms with E-state index >= 15 is 0 Å². The van der Waals surface area contributed by atoms with E-state index in [1.807, 2.05) is 6.07 Å². The van der Waals surface area contributed by atoms with Crippen molar-refractivity contribution in [2.75, 3.05) is 0 Å². The monoisotopic (exact) mass is 746 g/mol. The van der Waals surface area contributed by atoms with Crippen LogP contribution in [0.1, 0.15) is 0 Å². The fraction of sp³-hybridized carbons (Fsp3) is 0. The van der Waals surface area contributed by atoms with Gasteiger partial charge in [-0.1, -0.05) is 170 Å². The van der Waals surface area contributed by atoms with Crippen molar-refractivity contribution in [1.29, 1.82) is 0 Å². The Balaban J connectivity index is 0.979. The molecule has 0 aliphatic carbocycles. The first-order chi connectivity index (χ1) is 29.2. The minimum absolute atomic E-state index is 0.924. The first-order valence-corrected chi connectivity index (χ1v) is 20.4. The second-order valence-electron chi connectivity index (χ2n) is 16.0. The standard InChI is InChI=1S/C58H34O/c1-2-10-35(11-3-1)38-12-8-13-39(30-38)40-14-9-15-41(31-40)43-25-20-36-23-29-50-44(26-21-37-22-28-49(43)57(36)58(37)50)42-24-27-47-51(32-42)45-16-4-5-17-46(45)52-33-54-48-18-6-7-19-55(48)59-56(54)34-53(47)52/h1-34H. The summed E-state index contributed by atoms with van der Waals surface area (Å²) in [6, 6.07) is 75.9. The van der Waals surface area contributed by atoms with Gasteiger partial charge in [-0.2, -0.15) is 0 Å². The second-order valence-corrected chi connectivity index (χ2v) is 16.0. The Labute approximate surface area is 340 Å². The first kappa shape index (κ1) is 32.4. The molecule has 59 heavy (non-hydrogen) atoms. The molecule has 0 bridgehead atoms. The van der Waals surface area contributed by atoms with E-state index in [1.165, 1.54) is 109 Å². The third-order valence-corrected chi connectivity index (χ3v) is 12.8. The molecular formula is C58H34O. The van der Waals surface area contributed by atoms with E-state index < -0.39 is 0 Å². The summed E-state index contributed by atoms with van der Waals surface area (Å²) in [7, 11) is 0. The van der Waals surface area contributed by atoms with Crippen molar-refractivity contribution in [2.24, 2.45) is 0 Å². The molecule has 12 aromatic carbocycles. The lowest BCUT2D eigenvalue weighted by Gasteiger charge is -2.17. The third kappa shape index (κ3) is 4.86. The zero-order chi connectivity index (χ0) is 38.6. The molecule has 0 saturated heterocycles. The highest BCUT2D eigenvalue weighted by Crippen LogP contribution is 2.45. The zero-order valence-electron chi connectivity index (χ0n) is 32.0. The summed E-state index contributed by atoms with van der Waals surface area (Å²) in [6.45, 7) is 0. The molecule has 1 aromatic heterocycles. The predicted octanol–water partition coefficient (Wildman–Crippen LogP) is 16.6. The molecule has 0 aliphatic rings. The Morgan fingerprint density at radius 3 is 1.39 bits per heavy atom. The summed E-state index contributed by atoms with van der Waals surface area (Å²) in [5, 5.41) is 17.5. The van der Waals surface area contributed by atoms with Crippen LogP contribution in [-0.2, 0) is 0 Å². The number of fused-ring (bicyclic) bond motifs is 9. The Morgan fingerprint density at radius 1 is 0.220 bits per heavy atom. The van der Waals surface area contributed by atoms with Gasteiger partial charge in [0, 0.05) is 10.8 Å². The SMILES string of the molecule is c1ccc(-c2cccc(-c3cccc(-c4ccc5ccc6c(-c7ccc8c(c7)c7ccccc7c7cc9c(cc87)oc7ccccc79)ccc7ccc4c5c76)c3)c2)cc1. The van der Waals surface area contributed by atoms with Crippen LogP contribution in [0.2, 0.25) is 0 Å². The Kier molecular flexibility index (Phi) is 6.79. The molecule has 0 N–H and O–H groups in total. The molecule has 0 atom stereocenters. The minimum Gasteiger partial charge on any atom is -0.456 e. The molecule has 13 aromatic rings. The van der Waals surface area contributed by atoms with E-state index in [1.54, 1.807) is 0 Å². The van der Waals surface area contributed by atoms with Gasteiger partial charge in [0.15, 0.2) is 0 Å². The molecule has 272 valence electrons. The van der Waals surface area contributed by atoms with Crippen LogP contribution < -0.4 is 0 Å². The average molecular weight is 747 g/mol. The molecule has 0 radical (unpaired) electrons. The lowest BCUT2D eigenvalue weighted by atomic mass is 9.86. The summed E-state index contributed by atoms with van der Waals surface area (Å²) >= 11 is 0. The van der Waals surface area contributed by atoms with E-state index in [0.717, 1.165) is 21.9 Å². The average Bonchev–Trinajstić information content (AvgIpc) is 3.68.